The number of thioether (sulfide) groups is 1. The minimum atomic E-state index is -0.553. The van der Waals surface area contributed by atoms with Crippen molar-refractivity contribution >= 4 is 34.4 Å². The molecule has 1 aliphatic heterocycles. The van der Waals surface area contributed by atoms with Crippen molar-refractivity contribution < 1.29 is 47.9 Å². The van der Waals surface area contributed by atoms with Crippen LogP contribution in [-0.2, 0) is 47.9 Å². The summed E-state index contributed by atoms with van der Waals surface area (Å²) in [5.41, 5.74) is -0.884. The summed E-state index contributed by atoms with van der Waals surface area (Å²) < 4.78 is 5.49. The van der Waals surface area contributed by atoms with E-state index in [9.17, 15) is 9.59 Å². The molecule has 4 nitrogen and oxygen atoms in total. The molecule has 0 spiro atoms. The minimum Gasteiger partial charge on any atom is -0.492 e. The van der Waals surface area contributed by atoms with Crippen LogP contribution in [0.4, 0.5) is 0 Å². The molecule has 7 heteroatoms. The van der Waals surface area contributed by atoms with E-state index in [4.69, 9.17) is 4.74 Å². The number of amides is 1. The Morgan fingerprint density at radius 1 is 1.06 bits per heavy atom. The van der Waals surface area contributed by atoms with Crippen molar-refractivity contribution in [3.8, 4) is 0 Å². The van der Waals surface area contributed by atoms with Gasteiger partial charge in [0.05, 0.1) is 12.3 Å². The third kappa shape index (κ3) is 8.32. The fourth-order valence-corrected chi connectivity index (χ4v) is 5.12. The molecule has 1 amide bonds. The van der Waals surface area contributed by atoms with E-state index in [2.05, 4.69) is 42.5 Å². The fourth-order valence-electron chi connectivity index (χ4n) is 3.87. The first kappa shape index (κ1) is 30.0. The number of likely N-dealkylation sites (tertiary alicyclic amines) is 1. The number of esters is 1. The number of fused-ring (bicyclic) bond motifs is 1. The monoisotopic (exact) mass is 558 g/mol. The number of nitrogens with zero attached hydrogens (tertiary/aromatic N) is 1. The second-order valence-corrected chi connectivity index (χ2v) is 11.7. The molecule has 0 saturated carbocycles. The summed E-state index contributed by atoms with van der Waals surface area (Å²) >= 11 is 1.83. The van der Waals surface area contributed by atoms with Crippen molar-refractivity contribution in [1.82, 2.24) is 4.90 Å². The van der Waals surface area contributed by atoms with E-state index in [1.807, 2.05) is 64.7 Å². The Bertz CT molecular complexity index is 947. The average Bonchev–Trinajstić information content (AvgIpc) is 3.12. The summed E-state index contributed by atoms with van der Waals surface area (Å²) in [7, 11) is 0. The van der Waals surface area contributed by atoms with Gasteiger partial charge in [-0.15, -0.1) is 18.2 Å². The zero-order valence-corrected chi connectivity index (χ0v) is 23.0. The standard InChI is InChI=1S/C26H34NO3S.2Co/c1-25(2,3)21(16-23(28)30-26(4,5)6)24(29)27-15-14-19(17-27)31-22-13-9-11-18-10-7-8-12-20(18)22;;/h7-13,15,19,21H,14,16-17H2,1-6H3;;/q-1;;/t19-,21-;;/m1../s1. The van der Waals surface area contributed by atoms with E-state index < -0.39 is 11.5 Å². The van der Waals surface area contributed by atoms with E-state index in [-0.39, 0.29) is 57.3 Å². The van der Waals surface area contributed by atoms with Crippen molar-refractivity contribution in [2.45, 2.75) is 70.1 Å². The van der Waals surface area contributed by atoms with Gasteiger partial charge in [0.15, 0.2) is 5.91 Å². The summed E-state index contributed by atoms with van der Waals surface area (Å²) in [4.78, 5) is 28.9. The summed E-state index contributed by atoms with van der Waals surface area (Å²) in [5, 5.41) is 2.78. The van der Waals surface area contributed by atoms with Crippen LogP contribution >= 0.6 is 11.8 Å². The first-order valence-electron chi connectivity index (χ1n) is 10.9. The topological polar surface area (TPSA) is 46.6 Å². The summed E-state index contributed by atoms with van der Waals surface area (Å²) in [6, 6.07) is 14.8. The van der Waals surface area contributed by atoms with Crippen molar-refractivity contribution in [3.05, 3.63) is 49.0 Å². The second kappa shape index (κ2) is 12.1. The molecule has 0 aliphatic carbocycles. The zero-order valence-electron chi connectivity index (χ0n) is 20.1. The van der Waals surface area contributed by atoms with Crippen LogP contribution in [0.3, 0.4) is 0 Å². The van der Waals surface area contributed by atoms with E-state index in [0.717, 1.165) is 6.42 Å². The van der Waals surface area contributed by atoms with E-state index in [0.29, 0.717) is 11.8 Å². The van der Waals surface area contributed by atoms with Gasteiger partial charge in [0.25, 0.3) is 0 Å². The van der Waals surface area contributed by atoms with Gasteiger partial charge in [-0.1, -0.05) is 57.2 Å². The van der Waals surface area contributed by atoms with Crippen LogP contribution in [0.2, 0.25) is 0 Å². The Kier molecular flexibility index (Phi) is 11.0. The molecule has 0 bridgehead atoms. The molecule has 2 atom stereocenters. The molecule has 1 fully saturated rings. The Labute approximate surface area is 223 Å². The molecular formula is C26H34Co2NO3S-. The number of hydrogen-bond acceptors (Lipinski definition) is 4. The van der Waals surface area contributed by atoms with Gasteiger partial charge in [0.2, 0.25) is 0 Å². The van der Waals surface area contributed by atoms with Crippen molar-refractivity contribution in [2.24, 2.45) is 11.3 Å². The Hall–Kier alpha value is -0.997. The van der Waals surface area contributed by atoms with E-state index >= 15 is 0 Å². The number of benzene rings is 2. The minimum absolute atomic E-state index is 0. The van der Waals surface area contributed by atoms with Crippen LogP contribution in [-0.4, -0.2) is 34.2 Å². The molecule has 0 aromatic heterocycles. The molecular weight excluding hydrogens is 524 g/mol. The molecule has 33 heavy (non-hydrogen) atoms. The third-order valence-corrected chi connectivity index (χ3v) is 6.73. The van der Waals surface area contributed by atoms with Gasteiger partial charge in [-0.3, -0.25) is 9.59 Å². The first-order valence-corrected chi connectivity index (χ1v) is 11.8. The number of hydrogen-bond donors (Lipinski definition) is 0. The largest absolute Gasteiger partial charge is 0.492 e. The molecule has 2 radical (unpaired) electrons. The summed E-state index contributed by atoms with van der Waals surface area (Å²) in [6.07, 6.45) is 0.938. The first-order chi connectivity index (χ1) is 14.4. The number of rotatable bonds is 5. The van der Waals surface area contributed by atoms with Gasteiger partial charge in [-0.25, -0.2) is 6.54 Å². The molecule has 1 aliphatic rings. The smallest absolute Gasteiger partial charge is 0.307 e. The van der Waals surface area contributed by atoms with Crippen LogP contribution in [0.25, 0.3) is 10.8 Å². The molecule has 186 valence electrons. The zero-order chi connectivity index (χ0) is 22.8. The van der Waals surface area contributed by atoms with Crippen LogP contribution in [0.1, 0.15) is 54.4 Å². The van der Waals surface area contributed by atoms with E-state index in [1.54, 1.807) is 0 Å². The van der Waals surface area contributed by atoms with Gasteiger partial charge < -0.3 is 9.64 Å². The van der Waals surface area contributed by atoms with Crippen LogP contribution < -0.4 is 0 Å². The molecule has 2 aromatic rings. The Balaban J connectivity index is 0.00000272. The summed E-state index contributed by atoms with van der Waals surface area (Å²) in [5.74, 6) is -0.721. The maximum Gasteiger partial charge on any atom is 0.307 e. The number of carbonyl (C=O) groups is 2. The predicted molar refractivity (Wildman–Crippen MR) is 128 cm³/mol. The SMILES string of the molecule is CC(C)(C)OC(=O)C[C@H](C(=O)N1[CH-]C[C@@H](Sc2cccc3ccccc23)C1)C(C)(C)C.[Co].[Co]. The number of carbonyl (C=O) groups excluding carboxylic acids is 2. The Morgan fingerprint density at radius 2 is 1.70 bits per heavy atom. The third-order valence-electron chi connectivity index (χ3n) is 5.45. The molecule has 1 saturated heterocycles. The quantitative estimate of drug-likeness (QED) is 0.330. The van der Waals surface area contributed by atoms with Crippen molar-refractivity contribution in [1.29, 1.82) is 0 Å². The molecule has 3 rings (SSSR count). The maximum atomic E-state index is 13.4. The molecule has 1 heterocycles. The van der Waals surface area contributed by atoms with Crippen LogP contribution in [0.15, 0.2) is 47.4 Å². The van der Waals surface area contributed by atoms with Gasteiger partial charge in [0, 0.05) is 45.0 Å². The maximum absolute atomic E-state index is 13.4. The normalized spacial score (nSPS) is 17.2. The van der Waals surface area contributed by atoms with Crippen LogP contribution in [0.5, 0.6) is 0 Å². The van der Waals surface area contributed by atoms with Crippen LogP contribution in [0, 0.1) is 17.9 Å². The van der Waals surface area contributed by atoms with Crippen molar-refractivity contribution in [3.63, 3.8) is 0 Å². The summed E-state index contributed by atoms with van der Waals surface area (Å²) in [6.45, 7) is 14.2. The second-order valence-electron chi connectivity index (χ2n) is 10.3. The molecule has 2 aromatic carbocycles. The molecule has 0 unspecified atom stereocenters. The van der Waals surface area contributed by atoms with Gasteiger partial charge >= 0.3 is 5.97 Å². The average molecular weight is 558 g/mol. The molecule has 0 N–H and O–H groups in total. The van der Waals surface area contributed by atoms with Gasteiger partial charge in [-0.05, 0) is 48.3 Å². The van der Waals surface area contributed by atoms with Gasteiger partial charge in [-0.2, -0.15) is 0 Å². The van der Waals surface area contributed by atoms with Gasteiger partial charge in [0.1, 0.15) is 5.60 Å². The fraction of sp³-hybridized carbons (Fsp3) is 0.500. The van der Waals surface area contributed by atoms with E-state index in [1.165, 1.54) is 15.7 Å². The predicted octanol–water partition coefficient (Wildman–Crippen LogP) is 6.08. The Morgan fingerprint density at radius 3 is 2.33 bits per heavy atom. The van der Waals surface area contributed by atoms with Crippen molar-refractivity contribution in [2.75, 3.05) is 6.54 Å². The number of ether oxygens (including phenoxy) is 1.